The van der Waals surface area contributed by atoms with Gasteiger partial charge in [0, 0.05) is 5.56 Å². The lowest BCUT2D eigenvalue weighted by Gasteiger charge is -2.31. The summed E-state index contributed by atoms with van der Waals surface area (Å²) in [4.78, 5) is 20.0. The molecule has 11 heteroatoms. The molecule has 2 aromatic heterocycles. The van der Waals surface area contributed by atoms with E-state index in [1.54, 1.807) is 12.1 Å². The highest BCUT2D eigenvalue weighted by Crippen LogP contribution is 2.44. The molecule has 40 heavy (non-hydrogen) atoms. The molecule has 204 valence electrons. The zero-order valence-corrected chi connectivity index (χ0v) is 22.5. The van der Waals surface area contributed by atoms with E-state index in [1.165, 1.54) is 24.5 Å². The summed E-state index contributed by atoms with van der Waals surface area (Å²) in [6.07, 6.45) is 2.48. The van der Waals surface area contributed by atoms with Crippen molar-refractivity contribution >= 4 is 38.3 Å². The van der Waals surface area contributed by atoms with Crippen LogP contribution in [0.1, 0.15) is 45.9 Å². The van der Waals surface area contributed by atoms with Crippen LogP contribution in [0.25, 0.3) is 11.0 Å². The lowest BCUT2D eigenvalue weighted by atomic mass is 10.1. The average Bonchev–Trinajstić information content (AvgIpc) is 3.84. The summed E-state index contributed by atoms with van der Waals surface area (Å²) in [6, 6.07) is 16.7. The molecule has 7 rings (SSSR count). The van der Waals surface area contributed by atoms with Crippen molar-refractivity contribution in [3.8, 4) is 5.75 Å². The van der Waals surface area contributed by atoms with Crippen molar-refractivity contribution < 1.29 is 22.7 Å². The lowest BCUT2D eigenvalue weighted by Crippen LogP contribution is -2.29. The largest absolute Gasteiger partial charge is 0.490 e. The summed E-state index contributed by atoms with van der Waals surface area (Å²) < 4.78 is 36.5. The molecule has 2 aromatic carbocycles. The maximum Gasteiger partial charge on any atom is 0.251 e. The van der Waals surface area contributed by atoms with Crippen molar-refractivity contribution in [2.24, 2.45) is 0 Å². The quantitative estimate of drug-likeness (QED) is 0.391. The Balaban J connectivity index is 1.10. The lowest BCUT2D eigenvalue weighted by molar-refractivity contribution is 0.0950. The van der Waals surface area contributed by atoms with Crippen LogP contribution < -0.4 is 15.0 Å². The third-order valence-corrected chi connectivity index (χ3v) is 9.25. The van der Waals surface area contributed by atoms with Crippen LogP contribution in [0.4, 0.5) is 11.5 Å². The Hall–Kier alpha value is -4.09. The van der Waals surface area contributed by atoms with Crippen LogP contribution in [0.3, 0.4) is 0 Å². The Bertz CT molecular complexity index is 1760. The van der Waals surface area contributed by atoms with E-state index < -0.39 is 15.7 Å². The van der Waals surface area contributed by atoms with Gasteiger partial charge in [-0.2, -0.15) is 5.10 Å². The number of hydrogen-bond donors (Lipinski definition) is 1. The average molecular weight is 558 g/mol. The monoisotopic (exact) mass is 557 g/mol. The number of nitrogens with zero attached hydrogens (tertiary/aromatic N) is 4. The van der Waals surface area contributed by atoms with Gasteiger partial charge in [-0.05, 0) is 72.4 Å². The smallest absolute Gasteiger partial charge is 0.251 e. The Kier molecular flexibility index (Phi) is 6.12. The van der Waals surface area contributed by atoms with E-state index in [0.29, 0.717) is 41.4 Å². The van der Waals surface area contributed by atoms with Gasteiger partial charge in [-0.15, -0.1) is 5.10 Å². The number of rotatable bonds is 5. The van der Waals surface area contributed by atoms with Gasteiger partial charge in [-0.25, -0.2) is 13.4 Å². The van der Waals surface area contributed by atoms with Gasteiger partial charge in [-0.1, -0.05) is 12.1 Å². The fraction of sp³-hybridized carbons (Fsp3) is 0.310. The minimum Gasteiger partial charge on any atom is -0.490 e. The predicted octanol–water partition coefficient (Wildman–Crippen LogP) is 3.67. The Morgan fingerprint density at radius 1 is 1.00 bits per heavy atom. The number of hydrogen-bond acceptors (Lipinski definition) is 9. The highest BCUT2D eigenvalue weighted by molar-refractivity contribution is 7.91. The fourth-order valence-electron chi connectivity index (χ4n) is 5.17. The molecular weight excluding hydrogens is 530 g/mol. The number of fused-ring (bicyclic) bond motifs is 3. The SMILES string of the molecule is O=C(NCc1cc2nc(N3CCOc4cc(C5CC5)ccc43)ccc2nn1)c1ccc2c(c1)S(=O)(=O)CCOC2. The molecule has 0 bridgehead atoms. The Labute approximate surface area is 231 Å². The molecule has 3 aliphatic rings. The van der Waals surface area contributed by atoms with Gasteiger partial charge in [0.05, 0.1) is 53.8 Å². The molecule has 1 saturated carbocycles. The molecule has 1 fully saturated rings. The summed E-state index contributed by atoms with van der Waals surface area (Å²) in [5, 5.41) is 11.3. The van der Waals surface area contributed by atoms with Crippen molar-refractivity contribution in [2.45, 2.75) is 36.8 Å². The third kappa shape index (κ3) is 4.75. The van der Waals surface area contributed by atoms with Gasteiger partial charge < -0.3 is 19.7 Å². The zero-order chi connectivity index (χ0) is 27.3. The molecule has 0 radical (unpaired) electrons. The summed E-state index contributed by atoms with van der Waals surface area (Å²) in [5.41, 5.74) is 4.99. The molecule has 0 atom stereocenters. The Morgan fingerprint density at radius 3 is 2.77 bits per heavy atom. The van der Waals surface area contributed by atoms with Crippen molar-refractivity contribution in [2.75, 3.05) is 30.4 Å². The van der Waals surface area contributed by atoms with Crippen LogP contribution in [-0.2, 0) is 27.7 Å². The van der Waals surface area contributed by atoms with Crippen molar-refractivity contribution in [3.05, 3.63) is 77.0 Å². The van der Waals surface area contributed by atoms with E-state index in [-0.39, 0.29) is 36.0 Å². The van der Waals surface area contributed by atoms with E-state index in [0.717, 1.165) is 17.3 Å². The standard InChI is InChI=1S/C29H27N5O5S/c35-29(20-3-4-21-17-38-11-12-40(36,37)27(21)14-20)30-16-22-15-24-23(33-32-22)6-8-28(31-24)34-9-10-39-26-13-19(18-1-2-18)5-7-25(26)34/h3-8,13-15,18H,1-2,9-12,16-17H2,(H,30,35). The van der Waals surface area contributed by atoms with Crippen LogP contribution in [0.2, 0.25) is 0 Å². The molecule has 2 aliphatic heterocycles. The first-order valence-electron chi connectivity index (χ1n) is 13.3. The molecule has 4 aromatic rings. The van der Waals surface area contributed by atoms with E-state index in [9.17, 15) is 13.2 Å². The number of benzene rings is 2. The summed E-state index contributed by atoms with van der Waals surface area (Å²) >= 11 is 0. The van der Waals surface area contributed by atoms with Crippen LogP contribution in [0.5, 0.6) is 5.75 Å². The number of aromatic nitrogens is 3. The van der Waals surface area contributed by atoms with E-state index in [1.807, 2.05) is 18.2 Å². The molecule has 10 nitrogen and oxygen atoms in total. The van der Waals surface area contributed by atoms with Crippen LogP contribution in [0, 0.1) is 0 Å². The van der Waals surface area contributed by atoms with Crippen LogP contribution in [-0.4, -0.2) is 55.0 Å². The second-order valence-electron chi connectivity index (χ2n) is 10.3. The maximum atomic E-state index is 12.9. The number of ether oxygens (including phenoxy) is 2. The highest BCUT2D eigenvalue weighted by Gasteiger charge is 2.27. The molecule has 4 heterocycles. The number of amides is 1. The van der Waals surface area contributed by atoms with E-state index in [4.69, 9.17) is 14.5 Å². The van der Waals surface area contributed by atoms with Gasteiger partial charge in [0.1, 0.15) is 23.7 Å². The van der Waals surface area contributed by atoms with Crippen molar-refractivity contribution in [1.29, 1.82) is 0 Å². The second kappa shape index (κ2) is 9.83. The van der Waals surface area contributed by atoms with Crippen LogP contribution in [0.15, 0.2) is 59.5 Å². The van der Waals surface area contributed by atoms with Crippen molar-refractivity contribution in [3.63, 3.8) is 0 Å². The number of pyridine rings is 1. The normalized spacial score (nSPS) is 17.9. The minimum absolute atomic E-state index is 0.107. The number of nitrogens with one attached hydrogen (secondary N) is 1. The maximum absolute atomic E-state index is 12.9. The first-order chi connectivity index (χ1) is 19.4. The van der Waals surface area contributed by atoms with Crippen molar-refractivity contribution in [1.82, 2.24) is 20.5 Å². The number of sulfone groups is 1. The van der Waals surface area contributed by atoms with E-state index in [2.05, 4.69) is 38.6 Å². The number of carbonyl (C=O) groups excluding carboxylic acids is 1. The first-order valence-corrected chi connectivity index (χ1v) is 15.0. The fourth-order valence-corrected chi connectivity index (χ4v) is 6.56. The summed E-state index contributed by atoms with van der Waals surface area (Å²) in [6.45, 7) is 1.71. The topological polar surface area (TPSA) is 124 Å². The molecule has 0 unspecified atom stereocenters. The molecule has 1 aliphatic carbocycles. The Morgan fingerprint density at radius 2 is 1.90 bits per heavy atom. The predicted molar refractivity (Wildman–Crippen MR) is 148 cm³/mol. The first kappa shape index (κ1) is 24.9. The van der Waals surface area contributed by atoms with Gasteiger partial charge >= 0.3 is 0 Å². The second-order valence-corrected chi connectivity index (χ2v) is 12.4. The molecule has 0 saturated heterocycles. The molecule has 0 spiro atoms. The molecule has 1 N–H and O–H groups in total. The third-order valence-electron chi connectivity index (χ3n) is 7.50. The van der Waals surface area contributed by atoms with Gasteiger partial charge in [0.15, 0.2) is 9.84 Å². The minimum atomic E-state index is -3.51. The number of anilines is 2. The van der Waals surface area contributed by atoms with Gasteiger partial charge in [0.2, 0.25) is 0 Å². The highest BCUT2D eigenvalue weighted by atomic mass is 32.2. The summed E-state index contributed by atoms with van der Waals surface area (Å²) in [7, 11) is -3.51. The van der Waals surface area contributed by atoms with Crippen LogP contribution >= 0.6 is 0 Å². The van der Waals surface area contributed by atoms with E-state index >= 15 is 0 Å². The number of carbonyl (C=O) groups is 1. The zero-order valence-electron chi connectivity index (χ0n) is 21.7. The van der Waals surface area contributed by atoms with Gasteiger partial charge in [-0.3, -0.25) is 4.79 Å². The summed E-state index contributed by atoms with van der Waals surface area (Å²) in [5.74, 6) is 1.81. The van der Waals surface area contributed by atoms with Gasteiger partial charge in [0.25, 0.3) is 5.91 Å². The molecular formula is C29H27N5O5S. The molecule has 1 amide bonds.